The van der Waals surface area contributed by atoms with E-state index in [1.165, 1.54) is 58.3 Å². The van der Waals surface area contributed by atoms with Crippen molar-refractivity contribution in [1.82, 2.24) is 25.0 Å². The SMILES string of the molecule is CCCCN(C)CCCC(C(C)C)N1CC2(CCN(c3nc(Cl)nnc3Cl)C2)C1. The van der Waals surface area contributed by atoms with Crippen LogP contribution in [0, 0.1) is 11.3 Å². The maximum absolute atomic E-state index is 6.21. The molecule has 3 rings (SSSR count). The number of nitrogens with zero attached hydrogens (tertiary/aromatic N) is 6. The first-order chi connectivity index (χ1) is 13.8. The van der Waals surface area contributed by atoms with Gasteiger partial charge in [0.25, 0.3) is 0 Å². The van der Waals surface area contributed by atoms with Crippen molar-refractivity contribution in [3.63, 3.8) is 0 Å². The van der Waals surface area contributed by atoms with E-state index in [2.05, 4.69) is 57.7 Å². The molecule has 1 atom stereocenters. The van der Waals surface area contributed by atoms with Crippen molar-refractivity contribution in [1.29, 1.82) is 0 Å². The fraction of sp³-hybridized carbons (Fsp3) is 0.857. The summed E-state index contributed by atoms with van der Waals surface area (Å²) in [6.07, 6.45) is 6.30. The minimum Gasteiger partial charge on any atom is -0.353 e. The van der Waals surface area contributed by atoms with E-state index < -0.39 is 0 Å². The number of likely N-dealkylation sites (tertiary alicyclic amines) is 1. The quantitative estimate of drug-likeness (QED) is 0.540. The summed E-state index contributed by atoms with van der Waals surface area (Å²) in [6.45, 7) is 13.7. The lowest BCUT2D eigenvalue weighted by Gasteiger charge is -2.53. The van der Waals surface area contributed by atoms with E-state index in [1.54, 1.807) is 0 Å². The van der Waals surface area contributed by atoms with Crippen LogP contribution in [0.1, 0.15) is 52.9 Å². The summed E-state index contributed by atoms with van der Waals surface area (Å²) in [4.78, 5) is 11.7. The number of aromatic nitrogens is 3. The van der Waals surface area contributed by atoms with E-state index in [9.17, 15) is 0 Å². The monoisotopic (exact) mass is 442 g/mol. The molecule has 6 nitrogen and oxygen atoms in total. The lowest BCUT2D eigenvalue weighted by molar-refractivity contribution is -0.0344. The summed E-state index contributed by atoms with van der Waals surface area (Å²) < 4.78 is 0. The molecule has 29 heavy (non-hydrogen) atoms. The molecule has 0 bridgehead atoms. The molecule has 0 saturated carbocycles. The van der Waals surface area contributed by atoms with Gasteiger partial charge in [0.15, 0.2) is 11.0 Å². The second-order valence-corrected chi connectivity index (χ2v) is 10.1. The Kier molecular flexibility index (Phi) is 7.99. The van der Waals surface area contributed by atoms with Crippen molar-refractivity contribution in [3.8, 4) is 0 Å². The van der Waals surface area contributed by atoms with Crippen LogP contribution in [0.25, 0.3) is 0 Å². The van der Waals surface area contributed by atoms with Crippen molar-refractivity contribution in [2.45, 2.75) is 58.9 Å². The molecule has 0 radical (unpaired) electrons. The normalized spacial score (nSPS) is 20.1. The third kappa shape index (κ3) is 5.72. The minimum absolute atomic E-state index is 0.157. The topological polar surface area (TPSA) is 48.4 Å². The highest BCUT2D eigenvalue weighted by atomic mass is 35.5. The van der Waals surface area contributed by atoms with Crippen molar-refractivity contribution >= 4 is 29.0 Å². The molecule has 1 spiro atoms. The molecule has 164 valence electrons. The van der Waals surface area contributed by atoms with E-state index >= 15 is 0 Å². The van der Waals surface area contributed by atoms with Crippen LogP contribution in [0.5, 0.6) is 0 Å². The number of unbranched alkanes of at least 4 members (excludes halogenated alkanes) is 1. The summed E-state index contributed by atoms with van der Waals surface area (Å²) in [6, 6.07) is 0.674. The fourth-order valence-electron chi connectivity index (χ4n) is 4.96. The zero-order chi connectivity index (χ0) is 21.0. The Morgan fingerprint density at radius 1 is 1.10 bits per heavy atom. The average molecular weight is 443 g/mol. The molecule has 8 heteroatoms. The van der Waals surface area contributed by atoms with E-state index in [-0.39, 0.29) is 5.28 Å². The molecular weight excluding hydrogens is 407 g/mol. The molecule has 1 unspecified atom stereocenters. The summed E-state index contributed by atoms with van der Waals surface area (Å²) in [7, 11) is 2.26. The summed E-state index contributed by atoms with van der Waals surface area (Å²) >= 11 is 12.1. The van der Waals surface area contributed by atoms with Gasteiger partial charge in [0.2, 0.25) is 5.28 Å². The minimum atomic E-state index is 0.157. The first-order valence-electron chi connectivity index (χ1n) is 11.1. The molecule has 3 heterocycles. The van der Waals surface area contributed by atoms with Gasteiger partial charge in [-0.1, -0.05) is 38.8 Å². The number of halogens is 2. The van der Waals surface area contributed by atoms with Gasteiger partial charge < -0.3 is 9.80 Å². The molecule has 2 aliphatic heterocycles. The maximum atomic E-state index is 6.21. The Hall–Kier alpha value is -0.690. The van der Waals surface area contributed by atoms with Crippen molar-refractivity contribution in [2.24, 2.45) is 11.3 Å². The van der Waals surface area contributed by atoms with Gasteiger partial charge in [0.1, 0.15) is 0 Å². The molecule has 2 fully saturated rings. The number of hydrogen-bond donors (Lipinski definition) is 0. The molecule has 2 saturated heterocycles. The van der Waals surface area contributed by atoms with Gasteiger partial charge in [-0.2, -0.15) is 4.98 Å². The smallest absolute Gasteiger partial charge is 0.245 e. The van der Waals surface area contributed by atoms with Crippen molar-refractivity contribution in [2.75, 3.05) is 51.2 Å². The van der Waals surface area contributed by atoms with Gasteiger partial charge in [-0.3, -0.25) is 4.90 Å². The predicted octanol–water partition coefficient (Wildman–Crippen LogP) is 4.23. The van der Waals surface area contributed by atoms with Gasteiger partial charge in [-0.25, -0.2) is 0 Å². The van der Waals surface area contributed by atoms with Crippen molar-refractivity contribution < 1.29 is 0 Å². The number of anilines is 1. The highest BCUT2D eigenvalue weighted by molar-refractivity contribution is 6.32. The van der Waals surface area contributed by atoms with Crippen LogP contribution in [0.2, 0.25) is 10.4 Å². The van der Waals surface area contributed by atoms with Gasteiger partial charge >= 0.3 is 0 Å². The third-order valence-corrected chi connectivity index (χ3v) is 6.99. The average Bonchev–Trinajstić information content (AvgIpc) is 3.10. The Morgan fingerprint density at radius 3 is 2.52 bits per heavy atom. The molecule has 1 aromatic heterocycles. The second kappa shape index (κ2) is 10.1. The van der Waals surface area contributed by atoms with Gasteiger partial charge in [-0.15, -0.1) is 10.2 Å². The van der Waals surface area contributed by atoms with Crippen LogP contribution in [0.15, 0.2) is 0 Å². The molecule has 0 aliphatic carbocycles. The van der Waals surface area contributed by atoms with Crippen LogP contribution in [-0.4, -0.2) is 77.3 Å². The van der Waals surface area contributed by atoms with Crippen LogP contribution < -0.4 is 4.90 Å². The third-order valence-electron chi connectivity index (χ3n) is 6.59. The van der Waals surface area contributed by atoms with Gasteiger partial charge in [0, 0.05) is 37.6 Å². The van der Waals surface area contributed by atoms with Crippen LogP contribution in [0.4, 0.5) is 5.82 Å². The Morgan fingerprint density at radius 2 is 1.83 bits per heavy atom. The van der Waals surface area contributed by atoms with E-state index in [0.29, 0.717) is 28.3 Å². The molecule has 0 aromatic carbocycles. The fourth-order valence-corrected chi connectivity index (χ4v) is 5.28. The lowest BCUT2D eigenvalue weighted by Crippen LogP contribution is -2.62. The van der Waals surface area contributed by atoms with Crippen LogP contribution >= 0.6 is 23.2 Å². The standard InChI is InChI=1S/C21H36Cl2N6/c1-5-6-10-27(4)11-7-8-17(16(2)3)29-14-21(15-29)9-12-28(13-21)19-18(22)25-26-20(23)24-19/h16-17H,5-15H2,1-4H3. The van der Waals surface area contributed by atoms with E-state index in [4.69, 9.17) is 23.2 Å². The molecule has 0 N–H and O–H groups in total. The Labute approximate surface area is 186 Å². The van der Waals surface area contributed by atoms with E-state index in [1.807, 2.05) is 0 Å². The Balaban J connectivity index is 1.49. The lowest BCUT2D eigenvalue weighted by atomic mass is 9.76. The maximum Gasteiger partial charge on any atom is 0.245 e. The highest BCUT2D eigenvalue weighted by Gasteiger charge is 2.50. The zero-order valence-corrected chi connectivity index (χ0v) is 19.9. The highest BCUT2D eigenvalue weighted by Crippen LogP contribution is 2.43. The molecule has 0 amide bonds. The first-order valence-corrected chi connectivity index (χ1v) is 11.8. The van der Waals surface area contributed by atoms with Crippen LogP contribution in [0.3, 0.4) is 0 Å². The number of hydrogen-bond acceptors (Lipinski definition) is 6. The molecule has 1 aromatic rings. The summed E-state index contributed by atoms with van der Waals surface area (Å²) in [5.74, 6) is 1.36. The Bertz CT molecular complexity index is 665. The number of rotatable bonds is 10. The van der Waals surface area contributed by atoms with Gasteiger partial charge in [-0.05, 0) is 63.3 Å². The van der Waals surface area contributed by atoms with E-state index in [0.717, 1.165) is 13.1 Å². The second-order valence-electron chi connectivity index (χ2n) is 9.38. The predicted molar refractivity (Wildman–Crippen MR) is 121 cm³/mol. The van der Waals surface area contributed by atoms with Gasteiger partial charge in [0.05, 0.1) is 0 Å². The van der Waals surface area contributed by atoms with Crippen LogP contribution in [-0.2, 0) is 0 Å². The molecular formula is C21H36Cl2N6. The van der Waals surface area contributed by atoms with Crippen molar-refractivity contribution in [3.05, 3.63) is 10.4 Å². The summed E-state index contributed by atoms with van der Waals surface area (Å²) in [5.41, 5.74) is 0.353. The molecule has 2 aliphatic rings. The zero-order valence-electron chi connectivity index (χ0n) is 18.4. The summed E-state index contributed by atoms with van der Waals surface area (Å²) in [5, 5.41) is 8.14. The largest absolute Gasteiger partial charge is 0.353 e. The first kappa shape index (κ1) is 23.0.